The van der Waals surface area contributed by atoms with Gasteiger partial charge in [-0.15, -0.1) is 0 Å². The van der Waals surface area contributed by atoms with Crippen LogP contribution >= 0.6 is 0 Å². The first-order chi connectivity index (χ1) is 11.6. The number of hydrogen-bond donors (Lipinski definition) is 2. The molecular weight excluding hydrogens is 436 g/mol. The minimum absolute atomic E-state index is 0.0276. The van der Waals surface area contributed by atoms with Crippen molar-refractivity contribution in [2.45, 2.75) is 11.3 Å². The van der Waals surface area contributed by atoms with Crippen LogP contribution in [0.25, 0.3) is 0 Å². The lowest BCUT2D eigenvalue weighted by Crippen LogP contribution is -2.15. The van der Waals surface area contributed by atoms with Crippen molar-refractivity contribution in [2.75, 3.05) is 24.4 Å². The maximum Gasteiger partial charge on any atom is 0.265 e. The van der Waals surface area contributed by atoms with Crippen LogP contribution in [0, 0.1) is 0 Å². The molecule has 11 nitrogen and oxygen atoms in total. The lowest BCUT2D eigenvalue weighted by molar-refractivity contribution is 0.343. The van der Waals surface area contributed by atoms with Crippen molar-refractivity contribution < 1.29 is 47.3 Å². The third kappa shape index (κ3) is 13.3. The van der Waals surface area contributed by atoms with E-state index in [1.54, 1.807) is 0 Å². The van der Waals surface area contributed by atoms with E-state index >= 15 is 0 Å². The van der Waals surface area contributed by atoms with Gasteiger partial charge in [0.2, 0.25) is 0 Å². The van der Waals surface area contributed by atoms with Gasteiger partial charge in [0.15, 0.2) is 9.84 Å². The highest BCUT2D eigenvalue weighted by molar-refractivity contribution is 7.91. The van der Waals surface area contributed by atoms with Crippen molar-refractivity contribution in [2.24, 2.45) is 0 Å². The monoisotopic (exact) mass is 453 g/mol. The van der Waals surface area contributed by atoms with Gasteiger partial charge < -0.3 is 9.11 Å². The summed E-state index contributed by atoms with van der Waals surface area (Å²) < 4.78 is 104. The van der Waals surface area contributed by atoms with E-state index < -0.39 is 59.5 Å². The first-order valence-electron chi connectivity index (χ1n) is 6.52. The van der Waals surface area contributed by atoms with Crippen LogP contribution in [0.3, 0.4) is 0 Å². The zero-order valence-corrected chi connectivity index (χ0v) is 16.6. The Hall–Kier alpha value is -0.940. The van der Waals surface area contributed by atoms with Gasteiger partial charge in [0.05, 0.1) is 40.6 Å². The Balaban J connectivity index is 0.00000141. The topological polar surface area (TPSA) is 192 Å². The molecule has 0 bridgehead atoms. The van der Waals surface area contributed by atoms with E-state index in [-0.39, 0.29) is 11.3 Å². The molecule has 1 atom stereocenters. The van der Waals surface area contributed by atoms with Gasteiger partial charge in [-0.05, 0) is 24.1 Å². The zero-order chi connectivity index (χ0) is 20.6. The molecule has 0 aliphatic heterocycles. The van der Waals surface area contributed by atoms with Gasteiger partial charge in [0.25, 0.3) is 20.2 Å². The Labute approximate surface area is 154 Å². The van der Waals surface area contributed by atoms with Crippen molar-refractivity contribution in [3.63, 3.8) is 0 Å². The highest BCUT2D eigenvalue weighted by Gasteiger charge is 2.16. The largest absolute Gasteiger partial charge is 0.750 e. The van der Waals surface area contributed by atoms with E-state index in [1.165, 1.54) is 24.3 Å². The fourth-order valence-electron chi connectivity index (χ4n) is 1.52. The first kappa shape index (κ1) is 25.1. The summed E-state index contributed by atoms with van der Waals surface area (Å²) in [5.41, 5.74) is 0.545. The number of sulfone groups is 1. The lowest BCUT2D eigenvalue weighted by atomic mass is 10.2. The van der Waals surface area contributed by atoms with Gasteiger partial charge in [-0.3, -0.25) is 8.74 Å². The SMILES string of the molecule is CS(=O)(=O)OCCS(=O)(=O)c1ccc(CCS(=O)(=O)O)cc1.O=S([O-])O. The zero-order valence-electron chi connectivity index (χ0n) is 13.3. The molecule has 0 saturated heterocycles. The highest BCUT2D eigenvalue weighted by atomic mass is 32.2. The van der Waals surface area contributed by atoms with Crippen LogP contribution in [0.2, 0.25) is 0 Å². The van der Waals surface area contributed by atoms with Crippen LogP contribution in [0.1, 0.15) is 5.56 Å². The van der Waals surface area contributed by atoms with Crippen LogP contribution < -0.4 is 0 Å². The maximum absolute atomic E-state index is 11.9. The van der Waals surface area contributed by atoms with Crippen LogP contribution in [0.4, 0.5) is 0 Å². The third-order valence-electron chi connectivity index (χ3n) is 2.58. The summed E-state index contributed by atoms with van der Waals surface area (Å²) in [6, 6.07) is 5.43. The van der Waals surface area contributed by atoms with Gasteiger partial charge in [-0.1, -0.05) is 12.1 Å². The quantitative estimate of drug-likeness (QED) is 0.284. The Morgan fingerprint density at radius 1 is 1.04 bits per heavy atom. The molecule has 0 saturated carbocycles. The van der Waals surface area contributed by atoms with Crippen molar-refractivity contribution in [3.8, 4) is 0 Å². The Kier molecular flexibility index (Phi) is 10.0. The summed E-state index contributed by atoms with van der Waals surface area (Å²) in [6.07, 6.45) is 0.875. The number of aryl methyl sites for hydroxylation is 1. The second kappa shape index (κ2) is 10.4. The maximum atomic E-state index is 11.9. The summed E-state index contributed by atoms with van der Waals surface area (Å²) in [4.78, 5) is -0.0276. The van der Waals surface area contributed by atoms with Crippen molar-refractivity contribution in [1.29, 1.82) is 0 Å². The highest BCUT2D eigenvalue weighted by Crippen LogP contribution is 2.13. The smallest absolute Gasteiger partial charge is 0.265 e. The Bertz CT molecular complexity index is 895. The standard InChI is InChI=1S/C11H16O8S3.H2O3S/c1-20(12,13)19-7-9-21(14,15)11-4-2-10(3-5-11)6-8-22(16,17)18;1-4(2)3/h2-5H,6-9H2,1H3,(H,16,17,18);(H2,1,2,3)/p-1. The number of benzene rings is 1. The molecule has 0 aromatic heterocycles. The van der Waals surface area contributed by atoms with E-state index in [1.807, 2.05) is 0 Å². The lowest BCUT2D eigenvalue weighted by Gasteiger charge is -2.06. The minimum Gasteiger partial charge on any atom is -0.750 e. The molecule has 0 spiro atoms. The van der Waals surface area contributed by atoms with E-state index in [0.29, 0.717) is 5.56 Å². The van der Waals surface area contributed by atoms with Crippen molar-refractivity contribution >= 4 is 41.4 Å². The van der Waals surface area contributed by atoms with Gasteiger partial charge >= 0.3 is 0 Å². The first-order valence-corrected chi connectivity index (χ1v) is 12.6. The second-order valence-electron chi connectivity index (χ2n) is 4.74. The van der Waals surface area contributed by atoms with Crippen LogP contribution in [-0.4, -0.2) is 67.5 Å². The molecule has 15 heteroatoms. The number of hydrogen-bond acceptors (Lipinski definition) is 9. The molecule has 2 N–H and O–H groups in total. The molecule has 1 unspecified atom stereocenters. The fraction of sp³-hybridized carbons (Fsp3) is 0.455. The van der Waals surface area contributed by atoms with Gasteiger partial charge in [-0.25, -0.2) is 12.6 Å². The van der Waals surface area contributed by atoms with Crippen LogP contribution in [-0.2, 0) is 52.0 Å². The molecule has 0 heterocycles. The van der Waals surface area contributed by atoms with Crippen molar-refractivity contribution in [1.82, 2.24) is 0 Å². The molecular formula is C11H17O11S4-. The third-order valence-corrected chi connectivity index (χ3v) is 5.59. The van der Waals surface area contributed by atoms with E-state index in [0.717, 1.165) is 6.26 Å². The molecule has 0 fully saturated rings. The fourth-order valence-corrected chi connectivity index (χ4v) is 3.60. The average Bonchev–Trinajstić information content (AvgIpc) is 2.42. The van der Waals surface area contributed by atoms with Gasteiger partial charge in [0, 0.05) is 0 Å². The molecule has 1 aromatic rings. The van der Waals surface area contributed by atoms with Crippen molar-refractivity contribution in [3.05, 3.63) is 29.8 Å². The second-order valence-corrected chi connectivity index (χ2v) is 10.5. The summed E-state index contributed by atoms with van der Waals surface area (Å²) in [6.45, 7) is -0.480. The molecule has 152 valence electrons. The molecule has 0 radical (unpaired) electrons. The molecule has 0 aliphatic carbocycles. The van der Waals surface area contributed by atoms with Crippen LogP contribution in [0.5, 0.6) is 0 Å². The minimum atomic E-state index is -4.08. The predicted molar refractivity (Wildman–Crippen MR) is 91.0 cm³/mol. The summed E-state index contributed by atoms with van der Waals surface area (Å²) in [5, 5.41) is 0. The van der Waals surface area contributed by atoms with Gasteiger partial charge in [0.1, 0.15) is 0 Å². The molecule has 0 amide bonds. The molecule has 1 rings (SSSR count). The normalized spacial score (nSPS) is 13.5. The number of rotatable bonds is 8. The van der Waals surface area contributed by atoms with Gasteiger partial charge in [-0.2, -0.15) is 16.8 Å². The predicted octanol–water partition coefficient (Wildman–Crippen LogP) is -0.795. The van der Waals surface area contributed by atoms with E-state index in [4.69, 9.17) is 17.9 Å². The molecule has 26 heavy (non-hydrogen) atoms. The summed E-state index contributed by atoms with van der Waals surface area (Å²) >= 11 is -2.86. The van der Waals surface area contributed by atoms with Crippen LogP contribution in [0.15, 0.2) is 29.2 Å². The Morgan fingerprint density at radius 2 is 1.50 bits per heavy atom. The van der Waals surface area contributed by atoms with E-state index in [2.05, 4.69) is 4.18 Å². The Morgan fingerprint density at radius 3 is 1.88 bits per heavy atom. The molecule has 1 aromatic carbocycles. The average molecular weight is 454 g/mol. The summed E-state index contributed by atoms with van der Waals surface area (Å²) in [5.74, 6) is -0.953. The van der Waals surface area contributed by atoms with E-state index in [9.17, 15) is 25.3 Å². The summed E-state index contributed by atoms with van der Waals surface area (Å²) in [7, 11) is -11.5. The molecule has 0 aliphatic rings.